The van der Waals surface area contributed by atoms with Gasteiger partial charge >= 0.3 is 0 Å². The van der Waals surface area contributed by atoms with Crippen LogP contribution in [0.15, 0.2) is 30.5 Å². The van der Waals surface area contributed by atoms with Gasteiger partial charge in [0.2, 0.25) is 5.91 Å². The zero-order chi connectivity index (χ0) is 19.2. The van der Waals surface area contributed by atoms with Crippen molar-refractivity contribution < 1.29 is 18.7 Å². The van der Waals surface area contributed by atoms with E-state index in [0.29, 0.717) is 33.8 Å². The number of hydrogen-bond donors (Lipinski definition) is 1. The third kappa shape index (κ3) is 4.28. The highest BCUT2D eigenvalue weighted by Gasteiger charge is 2.29. The Bertz CT molecular complexity index is 902. The molecule has 2 amide bonds. The van der Waals surface area contributed by atoms with Crippen LogP contribution in [0.1, 0.15) is 10.4 Å². The van der Waals surface area contributed by atoms with E-state index in [-0.39, 0.29) is 19.1 Å². The summed E-state index contributed by atoms with van der Waals surface area (Å²) in [6.07, 6.45) is 1.50. The minimum absolute atomic E-state index is 0.0737. The quantitative estimate of drug-likeness (QED) is 0.810. The first-order valence-electron chi connectivity index (χ1n) is 8.26. The Labute approximate surface area is 159 Å². The van der Waals surface area contributed by atoms with Gasteiger partial charge in [-0.15, -0.1) is 11.8 Å². The average Bonchev–Trinajstić information content (AvgIpc) is 3.18. The summed E-state index contributed by atoms with van der Waals surface area (Å²) in [6, 6.07) is 8.13. The van der Waals surface area contributed by atoms with Crippen molar-refractivity contribution in [2.75, 3.05) is 31.5 Å². The Morgan fingerprint density at radius 3 is 3.07 bits per heavy atom. The van der Waals surface area contributed by atoms with E-state index < -0.39 is 18.6 Å². The number of amides is 2. The SMILES string of the molecule is N#C[C@@H]1CSCN1C(=O)CNC(=O)c1ccnc2ccc(OCCF)cc12. The van der Waals surface area contributed by atoms with Crippen molar-refractivity contribution in [3.63, 3.8) is 0 Å². The van der Waals surface area contributed by atoms with E-state index in [1.54, 1.807) is 24.3 Å². The van der Waals surface area contributed by atoms with Crippen LogP contribution in [0.4, 0.5) is 4.39 Å². The number of carbonyl (C=O) groups is 2. The number of fused-ring (bicyclic) bond motifs is 1. The van der Waals surface area contributed by atoms with E-state index in [0.717, 1.165) is 0 Å². The molecule has 1 aromatic carbocycles. The molecule has 0 aliphatic carbocycles. The molecule has 27 heavy (non-hydrogen) atoms. The van der Waals surface area contributed by atoms with Crippen LogP contribution in [0.25, 0.3) is 10.9 Å². The van der Waals surface area contributed by atoms with Crippen LogP contribution in [0, 0.1) is 11.3 Å². The van der Waals surface area contributed by atoms with Crippen molar-refractivity contribution in [3.05, 3.63) is 36.0 Å². The molecule has 9 heteroatoms. The number of rotatable bonds is 6. The van der Waals surface area contributed by atoms with E-state index in [1.165, 1.54) is 22.9 Å². The number of pyridine rings is 1. The molecule has 1 fully saturated rings. The molecule has 0 saturated carbocycles. The number of hydrogen-bond acceptors (Lipinski definition) is 6. The van der Waals surface area contributed by atoms with Crippen LogP contribution >= 0.6 is 11.8 Å². The van der Waals surface area contributed by atoms with Gasteiger partial charge in [0.05, 0.1) is 29.6 Å². The van der Waals surface area contributed by atoms with E-state index in [2.05, 4.69) is 16.4 Å². The second-order valence-corrected chi connectivity index (χ2v) is 6.77. The maximum Gasteiger partial charge on any atom is 0.252 e. The topological polar surface area (TPSA) is 95.3 Å². The average molecular weight is 388 g/mol. The number of ether oxygens (including phenoxy) is 1. The van der Waals surface area contributed by atoms with Gasteiger partial charge in [-0.2, -0.15) is 5.26 Å². The summed E-state index contributed by atoms with van der Waals surface area (Å²) < 4.78 is 17.6. The first-order valence-corrected chi connectivity index (χ1v) is 9.42. The molecule has 1 aliphatic rings. The summed E-state index contributed by atoms with van der Waals surface area (Å²) in [6.45, 7) is -0.881. The number of nitrogens with one attached hydrogen (secondary N) is 1. The highest BCUT2D eigenvalue weighted by molar-refractivity contribution is 7.99. The number of nitriles is 1. The monoisotopic (exact) mass is 388 g/mol. The lowest BCUT2D eigenvalue weighted by molar-refractivity contribution is -0.129. The standard InChI is InChI=1S/C18H17FN4O3S/c19-4-6-26-13-1-2-16-15(7-13)14(3-5-21-16)18(25)22-9-17(24)23-11-27-10-12(23)8-20/h1-3,5,7,12H,4,6,9-11H2,(H,22,25)/t12-/m1/s1. The highest BCUT2D eigenvalue weighted by Crippen LogP contribution is 2.23. The van der Waals surface area contributed by atoms with Gasteiger partial charge in [-0.05, 0) is 24.3 Å². The van der Waals surface area contributed by atoms with Gasteiger partial charge in [0.1, 0.15) is 25.1 Å². The molecular formula is C18H17FN4O3S. The first-order chi connectivity index (χ1) is 13.1. The number of carbonyl (C=O) groups excluding carboxylic acids is 2. The first kappa shape index (κ1) is 18.9. The number of benzene rings is 1. The lowest BCUT2D eigenvalue weighted by atomic mass is 10.1. The van der Waals surface area contributed by atoms with Crippen LogP contribution in [-0.2, 0) is 4.79 Å². The summed E-state index contributed by atoms with van der Waals surface area (Å²) >= 11 is 1.50. The Kier molecular flexibility index (Phi) is 6.08. The molecule has 2 aromatic rings. The van der Waals surface area contributed by atoms with E-state index >= 15 is 0 Å². The fourth-order valence-corrected chi connectivity index (χ4v) is 3.82. The van der Waals surface area contributed by atoms with Gasteiger partial charge in [-0.1, -0.05) is 0 Å². The molecule has 0 unspecified atom stereocenters. The zero-order valence-electron chi connectivity index (χ0n) is 14.4. The fraction of sp³-hybridized carbons (Fsp3) is 0.333. The summed E-state index contributed by atoms with van der Waals surface area (Å²) in [7, 11) is 0. The lowest BCUT2D eigenvalue weighted by Crippen LogP contribution is -2.42. The normalized spacial score (nSPS) is 16.1. The molecule has 1 aliphatic heterocycles. The fourth-order valence-electron chi connectivity index (χ4n) is 2.72. The smallest absolute Gasteiger partial charge is 0.252 e. The predicted octanol–water partition coefficient (Wildman–Crippen LogP) is 1.74. The van der Waals surface area contributed by atoms with Gasteiger partial charge in [0, 0.05) is 17.3 Å². The Morgan fingerprint density at radius 2 is 2.30 bits per heavy atom. The maximum absolute atomic E-state index is 12.6. The van der Waals surface area contributed by atoms with Gasteiger partial charge in [-0.25, -0.2) is 4.39 Å². The molecule has 1 saturated heterocycles. The van der Waals surface area contributed by atoms with E-state index in [9.17, 15) is 14.0 Å². The van der Waals surface area contributed by atoms with Crippen molar-refractivity contribution in [1.29, 1.82) is 5.26 Å². The van der Waals surface area contributed by atoms with Crippen molar-refractivity contribution in [2.24, 2.45) is 0 Å². The van der Waals surface area contributed by atoms with Crippen molar-refractivity contribution >= 4 is 34.5 Å². The van der Waals surface area contributed by atoms with E-state index in [1.807, 2.05) is 0 Å². The Morgan fingerprint density at radius 1 is 1.44 bits per heavy atom. The molecule has 2 heterocycles. The summed E-state index contributed by atoms with van der Waals surface area (Å²) in [4.78, 5) is 30.5. The van der Waals surface area contributed by atoms with Crippen LogP contribution in [0.3, 0.4) is 0 Å². The molecule has 140 valence electrons. The summed E-state index contributed by atoms with van der Waals surface area (Å²) in [5.74, 6) is 0.723. The third-order valence-electron chi connectivity index (χ3n) is 4.06. The predicted molar refractivity (Wildman–Crippen MR) is 99.1 cm³/mol. The second-order valence-electron chi connectivity index (χ2n) is 5.77. The molecular weight excluding hydrogens is 371 g/mol. The number of thioether (sulfide) groups is 1. The molecule has 0 spiro atoms. The molecule has 0 radical (unpaired) electrons. The minimum atomic E-state index is -0.612. The number of aromatic nitrogens is 1. The number of nitrogens with zero attached hydrogens (tertiary/aromatic N) is 3. The van der Waals surface area contributed by atoms with Crippen molar-refractivity contribution in [2.45, 2.75) is 6.04 Å². The third-order valence-corrected chi connectivity index (χ3v) is 5.07. The van der Waals surface area contributed by atoms with Crippen LogP contribution in [0.5, 0.6) is 5.75 Å². The minimum Gasteiger partial charge on any atom is -0.491 e. The van der Waals surface area contributed by atoms with E-state index in [4.69, 9.17) is 10.00 Å². The van der Waals surface area contributed by atoms with Crippen molar-refractivity contribution in [3.8, 4) is 11.8 Å². The van der Waals surface area contributed by atoms with Crippen LogP contribution in [0.2, 0.25) is 0 Å². The number of halogens is 1. The van der Waals surface area contributed by atoms with Crippen LogP contribution in [-0.4, -0.2) is 59.2 Å². The molecule has 1 aromatic heterocycles. The van der Waals surface area contributed by atoms with Crippen molar-refractivity contribution in [1.82, 2.24) is 15.2 Å². The molecule has 7 nitrogen and oxygen atoms in total. The highest BCUT2D eigenvalue weighted by atomic mass is 32.2. The zero-order valence-corrected chi connectivity index (χ0v) is 15.2. The van der Waals surface area contributed by atoms with Crippen LogP contribution < -0.4 is 10.1 Å². The Hall–Kier alpha value is -2.86. The number of alkyl halides is 1. The van der Waals surface area contributed by atoms with Gasteiger partial charge in [0.25, 0.3) is 5.91 Å². The summed E-state index contributed by atoms with van der Waals surface area (Å²) in [5.41, 5.74) is 0.924. The van der Waals surface area contributed by atoms with Gasteiger partial charge in [0.15, 0.2) is 0 Å². The second kappa shape index (κ2) is 8.68. The molecule has 1 N–H and O–H groups in total. The summed E-state index contributed by atoms with van der Waals surface area (Å²) in [5, 5.41) is 12.2. The maximum atomic E-state index is 12.6. The Balaban J connectivity index is 1.73. The molecule has 0 bridgehead atoms. The lowest BCUT2D eigenvalue weighted by Gasteiger charge is -2.18. The van der Waals surface area contributed by atoms with Gasteiger partial charge < -0.3 is 15.0 Å². The van der Waals surface area contributed by atoms with Gasteiger partial charge in [-0.3, -0.25) is 14.6 Å². The largest absolute Gasteiger partial charge is 0.491 e. The molecule has 3 rings (SSSR count). The molecule has 1 atom stereocenters.